The smallest absolute Gasteiger partial charge is 0.344 e. The molecule has 13 aromatic rings. The molecule has 0 bridgehead atoms. The number of allylic oxidation sites excluding steroid dienone is 6. The molecule has 0 aliphatic carbocycles. The maximum Gasteiger partial charge on any atom is 0.344 e. The summed E-state index contributed by atoms with van der Waals surface area (Å²) in [5.74, 6) is -1.98. The predicted molar refractivity (Wildman–Crippen MR) is 542 cm³/mol. The van der Waals surface area contributed by atoms with Crippen LogP contribution in [0.25, 0.3) is 55.5 Å². The molecule has 139 heavy (non-hydrogen) atoms. The molecule has 0 aliphatic rings. The Morgan fingerprint density at radius 1 is 0.345 bits per heavy atom. The molecule has 6 atom stereocenters. The highest BCUT2D eigenvalue weighted by atomic mass is 35.5. The molecule has 0 radical (unpaired) electrons. The number of carbonyl (C=O) groups is 7. The Balaban J connectivity index is 0.000000205. The van der Waals surface area contributed by atoms with Crippen LogP contribution in [0.1, 0.15) is 104 Å². The topological polar surface area (TPSA) is 340 Å². The molecule has 13 rings (SSSR count). The van der Waals surface area contributed by atoms with Crippen molar-refractivity contribution in [1.29, 1.82) is 0 Å². The first kappa shape index (κ1) is 109. The largest absolute Gasteiger partial charge is 0.497 e. The van der Waals surface area contributed by atoms with Crippen molar-refractivity contribution in [3.63, 3.8) is 0 Å². The van der Waals surface area contributed by atoms with E-state index in [1.165, 1.54) is 12.1 Å². The van der Waals surface area contributed by atoms with E-state index in [1.807, 2.05) is 146 Å². The molecule has 2 aromatic heterocycles. The zero-order valence-electron chi connectivity index (χ0n) is 76.7. The summed E-state index contributed by atoms with van der Waals surface area (Å²) in [6.45, 7) is 23.8. The average molecular weight is 1940 g/mol. The monoisotopic (exact) mass is 1940 g/mol. The maximum atomic E-state index is 12.9. The van der Waals surface area contributed by atoms with Crippen LogP contribution in [0.15, 0.2) is 360 Å². The van der Waals surface area contributed by atoms with E-state index in [-0.39, 0.29) is 11.6 Å². The van der Waals surface area contributed by atoms with Gasteiger partial charge in [0.1, 0.15) is 58.4 Å². The van der Waals surface area contributed by atoms with Crippen molar-refractivity contribution < 1.29 is 106 Å². The lowest BCUT2D eigenvalue weighted by Gasteiger charge is -2.15. The summed E-state index contributed by atoms with van der Waals surface area (Å²) in [5, 5.41) is 60.3. The fourth-order valence-corrected chi connectivity index (χ4v) is 13.8. The van der Waals surface area contributed by atoms with E-state index >= 15 is 0 Å². The SMILES string of the molecule is C=CCCC(Oc1ccc(-c2ccc(Cl)cc2)cc1)C(=O)O.C=CCCC(Oc1ccc(-c2ccc(F)cc2)cc1)C(=O)O.C=CCCC(Oc1ccc(-c2ccc(OC)cc2)cc1)C(=O)O.C=CCCC(Oc1ccc(-c2csc(C)n2)cc1)C(=O)O.C=CCCC(Oc1ccc(C(=O)c2ccc(Cl)cc2)cc1)C(=O)O.C=CCCC(Oc1cccc(OCc2ccc3ccccc3n2)c1)C(=O)O. The van der Waals surface area contributed by atoms with Gasteiger partial charge in [-0.3, -0.25) is 4.79 Å². The van der Waals surface area contributed by atoms with Crippen LogP contribution in [0.4, 0.5) is 4.39 Å². The summed E-state index contributed by atoms with van der Waals surface area (Å²) in [6.07, 6.45) is 10.5. The first-order valence-corrected chi connectivity index (χ1v) is 45.7. The van der Waals surface area contributed by atoms with Crippen LogP contribution in [0.3, 0.4) is 0 Å². The molecule has 6 N–H and O–H groups in total. The number of carbonyl (C=O) groups excluding carboxylic acids is 1. The Kier molecular flexibility index (Phi) is 45.8. The van der Waals surface area contributed by atoms with E-state index in [0.717, 1.165) is 72.0 Å². The molecule has 0 saturated heterocycles. The van der Waals surface area contributed by atoms with Gasteiger partial charge in [0.2, 0.25) is 0 Å². The van der Waals surface area contributed by atoms with Crippen LogP contribution in [0.2, 0.25) is 10.0 Å². The standard InChI is InChI=1S/C22H21NO4.C19H17ClO4.C19H20O4.C18H17ClO3.C18H17FO3.C16H17NO3S/c1-2-3-11-21(22(24)25)27-19-9-6-8-18(14-19)26-15-17-13-12-16-7-4-5-10-20(16)23-17;1-2-3-4-17(19(22)23)24-16-11-7-14(8-12-16)18(21)13-5-9-15(20)10-6-13;1-3-4-5-18(19(20)21)23-17-12-8-15(9-13-17)14-6-10-16(22-2)11-7-14;2*1-2-3-4-17(18(20)21)22-16-11-7-14(8-12-16)13-5-9-15(19)10-6-13;1-3-4-5-15(16(18)19)20-13-8-6-12(7-9-13)14-10-21-11(2)17-14/h2,4-10,12-14,21H,1,3,11,15H2,(H,24,25);2,5-12,17H,1,3-4H2,(H,22,23);3,6-13,18H,1,4-5H2,2H3,(H,20,21);2*2,5-12,17H,1,3-4H2,(H,20,21);3,6-10,15H,1,4-5H2,2H3,(H,18,19). The zero-order valence-corrected chi connectivity index (χ0v) is 79.1. The summed E-state index contributed by atoms with van der Waals surface area (Å²) in [5.41, 5.74) is 10.6. The fourth-order valence-electron chi connectivity index (χ4n) is 12.9. The van der Waals surface area contributed by atoms with Crippen molar-refractivity contribution in [1.82, 2.24) is 9.97 Å². The summed E-state index contributed by atoms with van der Waals surface area (Å²) in [4.78, 5) is 88.4. The van der Waals surface area contributed by atoms with Crippen LogP contribution < -0.4 is 37.9 Å². The maximum absolute atomic E-state index is 12.9. The molecular formula is C112H109Cl2FN2O21S. The summed E-state index contributed by atoms with van der Waals surface area (Å²) < 4.78 is 56.9. The average Bonchev–Trinajstić information content (AvgIpc) is 1.33. The Morgan fingerprint density at radius 3 is 0.971 bits per heavy atom. The number of aromatic nitrogens is 2. The molecule has 0 spiro atoms. The van der Waals surface area contributed by atoms with Crippen LogP contribution in [-0.4, -0.2) is 126 Å². The Morgan fingerprint density at radius 2 is 0.640 bits per heavy atom. The van der Waals surface area contributed by atoms with Gasteiger partial charge >= 0.3 is 35.8 Å². The van der Waals surface area contributed by atoms with Crippen molar-refractivity contribution in [3.05, 3.63) is 398 Å². The number of nitrogens with zero attached hydrogens (tertiary/aromatic N) is 2. The van der Waals surface area contributed by atoms with Crippen molar-refractivity contribution in [3.8, 4) is 90.6 Å². The second-order valence-corrected chi connectivity index (χ2v) is 32.5. The van der Waals surface area contributed by atoms with Gasteiger partial charge in [0, 0.05) is 43.6 Å². The zero-order chi connectivity index (χ0) is 100. The van der Waals surface area contributed by atoms with Crippen LogP contribution >= 0.6 is 34.5 Å². The Bertz CT molecular complexity index is 6010. The van der Waals surface area contributed by atoms with Crippen molar-refractivity contribution in [2.24, 2.45) is 0 Å². The number of methoxy groups -OCH3 is 1. The van der Waals surface area contributed by atoms with Crippen molar-refractivity contribution in [2.45, 2.75) is 127 Å². The number of hydrogen-bond donors (Lipinski definition) is 6. The summed E-state index contributed by atoms with van der Waals surface area (Å²) in [7, 11) is 1.63. The van der Waals surface area contributed by atoms with E-state index in [2.05, 4.69) is 49.4 Å². The van der Waals surface area contributed by atoms with Crippen molar-refractivity contribution in [2.75, 3.05) is 7.11 Å². The van der Waals surface area contributed by atoms with Crippen molar-refractivity contribution >= 4 is 87.0 Å². The summed E-state index contributed by atoms with van der Waals surface area (Å²) >= 11 is 13.3. The number of ether oxygens (including phenoxy) is 8. The van der Waals surface area contributed by atoms with E-state index in [4.69, 9.17) is 81.5 Å². The third-order valence-corrected chi connectivity index (χ3v) is 21.6. The van der Waals surface area contributed by atoms with Gasteiger partial charge in [0.15, 0.2) is 42.4 Å². The van der Waals surface area contributed by atoms with Crippen LogP contribution in [0.5, 0.6) is 46.0 Å². The van der Waals surface area contributed by atoms with E-state index in [1.54, 1.807) is 188 Å². The molecule has 720 valence electrons. The molecule has 2 heterocycles. The van der Waals surface area contributed by atoms with Crippen LogP contribution in [0, 0.1) is 12.7 Å². The normalized spacial score (nSPS) is 11.7. The van der Waals surface area contributed by atoms with E-state index in [0.29, 0.717) is 145 Å². The molecule has 0 saturated carbocycles. The highest BCUT2D eigenvalue weighted by molar-refractivity contribution is 7.09. The highest BCUT2D eigenvalue weighted by Gasteiger charge is 2.25. The van der Waals surface area contributed by atoms with Gasteiger partial charge < -0.3 is 68.5 Å². The number of para-hydroxylation sites is 1. The Labute approximate surface area is 821 Å². The molecule has 27 heteroatoms. The lowest BCUT2D eigenvalue weighted by Crippen LogP contribution is -2.26. The number of rotatable bonds is 46. The molecule has 0 fully saturated rings. The molecule has 23 nitrogen and oxygen atoms in total. The van der Waals surface area contributed by atoms with Gasteiger partial charge in [0.05, 0.1) is 29.0 Å². The number of carboxylic acids is 6. The second kappa shape index (κ2) is 58.6. The molecule has 0 amide bonds. The van der Waals surface area contributed by atoms with Gasteiger partial charge in [0.25, 0.3) is 0 Å². The van der Waals surface area contributed by atoms with Gasteiger partial charge in [-0.2, -0.15) is 0 Å². The molecular weight excluding hydrogens is 1830 g/mol. The minimum absolute atomic E-state index is 0.139. The van der Waals surface area contributed by atoms with Crippen LogP contribution in [-0.2, 0) is 35.4 Å². The number of hydrogen-bond acceptors (Lipinski definition) is 18. The Hall–Kier alpha value is -15.7. The first-order chi connectivity index (χ1) is 67.1. The lowest BCUT2D eigenvalue weighted by atomic mass is 10.0. The predicted octanol–water partition coefficient (Wildman–Crippen LogP) is 26.2. The third-order valence-electron chi connectivity index (χ3n) is 20.3. The molecule has 6 unspecified atom stereocenters. The number of aliphatic carboxylic acids is 6. The second-order valence-electron chi connectivity index (χ2n) is 30.6. The number of thiazole rings is 1. The van der Waals surface area contributed by atoms with E-state index in [9.17, 15) is 48.2 Å². The number of carboxylic acid groups (broad SMARTS) is 6. The number of benzene rings is 11. The molecule has 0 aliphatic heterocycles. The highest BCUT2D eigenvalue weighted by Crippen LogP contribution is 2.32. The number of halogens is 3. The number of aryl methyl sites for hydroxylation is 1. The van der Waals surface area contributed by atoms with Gasteiger partial charge in [-0.15, -0.1) is 50.8 Å². The van der Waals surface area contributed by atoms with E-state index < -0.39 is 72.4 Å². The lowest BCUT2D eigenvalue weighted by molar-refractivity contribution is -0.146. The number of pyridine rings is 1. The quantitative estimate of drug-likeness (QED) is 0.0152. The van der Waals surface area contributed by atoms with Gasteiger partial charge in [-0.25, -0.2) is 43.1 Å². The van der Waals surface area contributed by atoms with Gasteiger partial charge in [-0.1, -0.05) is 163 Å². The molecule has 11 aromatic carbocycles. The minimum Gasteiger partial charge on any atom is -0.497 e. The number of fused-ring (bicyclic) bond motifs is 1. The fraction of sp³-hybridized carbons (Fsp3) is 0.188. The summed E-state index contributed by atoms with van der Waals surface area (Å²) in [6, 6.07) is 82.3. The first-order valence-electron chi connectivity index (χ1n) is 44.1. The number of ketones is 1. The van der Waals surface area contributed by atoms with Gasteiger partial charge in [-0.05, 0) is 287 Å². The minimum atomic E-state index is -1.03. The third kappa shape index (κ3) is 37.8.